The number of hydrazine groups is 1. The molecule has 0 spiro atoms. The molecule has 0 atom stereocenters. The summed E-state index contributed by atoms with van der Waals surface area (Å²) >= 11 is 0. The maximum atomic E-state index is 5.16. The van der Waals surface area contributed by atoms with Crippen molar-refractivity contribution in [3.05, 3.63) is 12.2 Å². The van der Waals surface area contributed by atoms with E-state index in [1.165, 1.54) is 0 Å². The predicted octanol–water partition coefficient (Wildman–Crippen LogP) is -1.52. The fourth-order valence-electron chi connectivity index (χ4n) is 0.247. The highest BCUT2D eigenvalue weighted by atomic mass is 15.3. The Balaban J connectivity index is 3.91. The van der Waals surface area contributed by atoms with Crippen LogP contribution in [0.2, 0.25) is 0 Å². The van der Waals surface area contributed by atoms with Crippen LogP contribution in [-0.4, -0.2) is 12.2 Å². The summed E-state index contributed by atoms with van der Waals surface area (Å²) in [5.41, 5.74) is 7.35. The van der Waals surface area contributed by atoms with Crippen LogP contribution >= 0.6 is 0 Å². The van der Waals surface area contributed by atoms with Gasteiger partial charge in [0.15, 0.2) is 6.21 Å². The first-order chi connectivity index (χ1) is 4.31. The van der Waals surface area contributed by atoms with Crippen molar-refractivity contribution in [3.63, 3.8) is 0 Å². The third kappa shape index (κ3) is 4.61. The number of rotatable bonds is 1. The fraction of sp³-hybridized carbons (Fsp3) is 0.200. The summed E-state index contributed by atoms with van der Waals surface area (Å²) in [5.74, 6) is 5.11. The van der Waals surface area contributed by atoms with Crippen LogP contribution in [0.1, 0.15) is 6.92 Å². The SMILES string of the molecule is CC=CC=[N+]=C(N)NN. The summed E-state index contributed by atoms with van der Waals surface area (Å²) in [5, 5.41) is 0. The topological polar surface area (TPSA) is 78.2 Å². The minimum absolute atomic E-state index is 0.202. The van der Waals surface area contributed by atoms with Crippen molar-refractivity contribution in [2.75, 3.05) is 0 Å². The van der Waals surface area contributed by atoms with Gasteiger partial charge in [0.05, 0.1) is 0 Å². The summed E-state index contributed by atoms with van der Waals surface area (Å²) < 4.78 is 3.68. The van der Waals surface area contributed by atoms with E-state index in [1.54, 1.807) is 12.3 Å². The average molecular weight is 127 g/mol. The molecule has 0 unspecified atom stereocenters. The van der Waals surface area contributed by atoms with Crippen molar-refractivity contribution >= 4 is 12.2 Å². The highest BCUT2D eigenvalue weighted by Gasteiger charge is 1.87. The molecule has 0 heterocycles. The van der Waals surface area contributed by atoms with Crippen LogP contribution in [-0.2, 0) is 0 Å². The van der Waals surface area contributed by atoms with Gasteiger partial charge in [-0.3, -0.25) is 5.73 Å². The first-order valence-electron chi connectivity index (χ1n) is 2.55. The third-order valence-corrected chi connectivity index (χ3v) is 0.640. The van der Waals surface area contributed by atoms with E-state index < -0.39 is 0 Å². The van der Waals surface area contributed by atoms with E-state index >= 15 is 0 Å². The van der Waals surface area contributed by atoms with Crippen molar-refractivity contribution in [2.24, 2.45) is 11.6 Å². The Kier molecular flexibility index (Phi) is 4.22. The van der Waals surface area contributed by atoms with Crippen molar-refractivity contribution in [2.45, 2.75) is 6.92 Å². The molecule has 50 valence electrons. The molecule has 4 heteroatoms. The minimum Gasteiger partial charge on any atom is -0.275 e. The van der Waals surface area contributed by atoms with Gasteiger partial charge in [0.1, 0.15) is 0 Å². The minimum atomic E-state index is 0.202. The highest BCUT2D eigenvalue weighted by Crippen LogP contribution is 1.56. The normalized spacial score (nSPS) is 8.67. The van der Waals surface area contributed by atoms with Gasteiger partial charge in [0.2, 0.25) is 0 Å². The standard InChI is InChI=1S/C5H10N4/c1-2-3-4-8-5(6)9-7/h2-4H,7H2,1H3,(H2,6,9)/p+1. The van der Waals surface area contributed by atoms with Gasteiger partial charge in [-0.05, 0) is 13.0 Å². The Bertz CT molecular complexity index is 152. The Labute approximate surface area is 53.9 Å². The van der Waals surface area contributed by atoms with E-state index in [0.29, 0.717) is 0 Å². The molecule has 0 radical (unpaired) electrons. The number of nitrogens with one attached hydrogen (secondary N) is 1. The van der Waals surface area contributed by atoms with Crippen molar-refractivity contribution in [3.8, 4) is 0 Å². The molecule has 0 bridgehead atoms. The highest BCUT2D eigenvalue weighted by molar-refractivity contribution is 5.82. The lowest BCUT2D eigenvalue weighted by atomic mass is 10.6. The number of guanidine groups is 1. The molecular formula is C5H11N4+. The molecule has 0 aliphatic rings. The zero-order valence-corrected chi connectivity index (χ0v) is 5.33. The molecule has 0 aliphatic carbocycles. The van der Waals surface area contributed by atoms with Gasteiger partial charge in [-0.25, -0.2) is 4.67 Å². The quantitative estimate of drug-likeness (QED) is 0.132. The molecule has 0 rings (SSSR count). The number of nitrogens with zero attached hydrogens (tertiary/aromatic N) is 1. The van der Waals surface area contributed by atoms with E-state index in [2.05, 4.69) is 10.1 Å². The zero-order valence-electron chi connectivity index (χ0n) is 5.33. The van der Waals surface area contributed by atoms with E-state index in [9.17, 15) is 0 Å². The molecular weight excluding hydrogens is 116 g/mol. The summed E-state index contributed by atoms with van der Waals surface area (Å²) in [6.45, 7) is 1.89. The molecule has 4 nitrogen and oxygen atoms in total. The Morgan fingerprint density at radius 2 is 2.33 bits per heavy atom. The lowest BCUT2D eigenvalue weighted by Crippen LogP contribution is -2.38. The lowest BCUT2D eigenvalue weighted by molar-refractivity contribution is 1.01. The van der Waals surface area contributed by atoms with Crippen molar-refractivity contribution < 1.29 is 0 Å². The van der Waals surface area contributed by atoms with Crippen LogP contribution in [0.15, 0.2) is 12.2 Å². The van der Waals surface area contributed by atoms with E-state index in [4.69, 9.17) is 11.6 Å². The van der Waals surface area contributed by atoms with Gasteiger partial charge in [0.25, 0.3) is 0 Å². The predicted molar refractivity (Wildman–Crippen MR) is 39.5 cm³/mol. The largest absolute Gasteiger partial charge is 0.453 e. The summed E-state index contributed by atoms with van der Waals surface area (Å²) in [6, 6.07) is 0. The number of hydrogen-bond donors (Lipinski definition) is 3. The molecule has 9 heavy (non-hydrogen) atoms. The Morgan fingerprint density at radius 1 is 1.67 bits per heavy atom. The first kappa shape index (κ1) is 7.75. The number of hydrogen-bond acceptors (Lipinski definition) is 1. The maximum absolute atomic E-state index is 5.16. The van der Waals surface area contributed by atoms with E-state index in [0.717, 1.165) is 0 Å². The molecule has 0 aromatic carbocycles. The molecule has 0 amide bonds. The van der Waals surface area contributed by atoms with Gasteiger partial charge >= 0.3 is 5.96 Å². The molecule has 0 aliphatic heterocycles. The molecule has 0 saturated carbocycles. The molecule has 0 aromatic heterocycles. The van der Waals surface area contributed by atoms with Crippen LogP contribution in [0.25, 0.3) is 0 Å². The van der Waals surface area contributed by atoms with Crippen molar-refractivity contribution in [1.29, 1.82) is 0 Å². The fourth-order valence-corrected chi connectivity index (χ4v) is 0.247. The van der Waals surface area contributed by atoms with Gasteiger partial charge in [0, 0.05) is 0 Å². The van der Waals surface area contributed by atoms with Crippen LogP contribution in [0, 0.1) is 0 Å². The Morgan fingerprint density at radius 3 is 2.78 bits per heavy atom. The number of allylic oxidation sites excluding steroid dienone is 2. The van der Waals surface area contributed by atoms with Crippen LogP contribution in [0.4, 0.5) is 0 Å². The lowest BCUT2D eigenvalue weighted by Gasteiger charge is -1.76. The molecule has 5 N–H and O–H groups in total. The van der Waals surface area contributed by atoms with Crippen LogP contribution in [0.3, 0.4) is 0 Å². The van der Waals surface area contributed by atoms with Gasteiger partial charge < -0.3 is 0 Å². The smallest absolute Gasteiger partial charge is 0.275 e. The third-order valence-electron chi connectivity index (χ3n) is 0.640. The molecule has 0 saturated heterocycles. The van der Waals surface area contributed by atoms with Gasteiger partial charge in [-0.15, -0.1) is 0 Å². The monoisotopic (exact) mass is 127 g/mol. The van der Waals surface area contributed by atoms with E-state index in [-0.39, 0.29) is 5.96 Å². The first-order valence-corrected chi connectivity index (χ1v) is 2.55. The van der Waals surface area contributed by atoms with Gasteiger partial charge in [-0.2, -0.15) is 11.3 Å². The Hall–Kier alpha value is -1.25. The second-order valence-electron chi connectivity index (χ2n) is 1.33. The number of nitrogens with two attached hydrogens (primary N) is 2. The van der Waals surface area contributed by atoms with Crippen LogP contribution < -0.4 is 21.7 Å². The summed E-state index contributed by atoms with van der Waals surface area (Å²) in [7, 11) is 0. The maximum Gasteiger partial charge on any atom is 0.453 e. The second kappa shape index (κ2) is 4.90. The summed E-state index contributed by atoms with van der Waals surface area (Å²) in [6.07, 6.45) is 5.15. The average Bonchev–Trinajstić information content (AvgIpc) is 1.89. The van der Waals surface area contributed by atoms with Crippen molar-refractivity contribution in [1.82, 2.24) is 10.1 Å². The molecule has 0 fully saturated rings. The van der Waals surface area contributed by atoms with E-state index in [1.807, 2.05) is 13.0 Å². The van der Waals surface area contributed by atoms with Gasteiger partial charge in [-0.1, -0.05) is 6.08 Å². The molecule has 0 aromatic rings. The zero-order chi connectivity index (χ0) is 7.11. The van der Waals surface area contributed by atoms with Crippen LogP contribution in [0.5, 0.6) is 0 Å². The second-order valence-corrected chi connectivity index (χ2v) is 1.33. The summed E-state index contributed by atoms with van der Waals surface area (Å²) in [4.78, 5) is 0.